The van der Waals surface area contributed by atoms with Crippen molar-refractivity contribution in [1.29, 1.82) is 0 Å². The van der Waals surface area contributed by atoms with Crippen LogP contribution in [0.3, 0.4) is 0 Å². The van der Waals surface area contributed by atoms with E-state index in [2.05, 4.69) is 28.5 Å². The fourth-order valence-electron chi connectivity index (χ4n) is 2.55. The Morgan fingerprint density at radius 3 is 2.77 bits per heavy atom. The molecule has 22 heavy (non-hydrogen) atoms. The van der Waals surface area contributed by atoms with Crippen molar-refractivity contribution < 1.29 is 9.53 Å². The van der Waals surface area contributed by atoms with Gasteiger partial charge in [0.25, 0.3) is 5.91 Å². The van der Waals surface area contributed by atoms with E-state index < -0.39 is 0 Å². The van der Waals surface area contributed by atoms with Crippen molar-refractivity contribution in [2.45, 2.75) is 25.8 Å². The molecule has 2 aromatic rings. The van der Waals surface area contributed by atoms with E-state index in [1.54, 1.807) is 24.5 Å². The lowest BCUT2D eigenvalue weighted by Gasteiger charge is -2.33. The highest BCUT2D eigenvalue weighted by Crippen LogP contribution is 2.22. The normalized spacial score (nSPS) is 18.3. The van der Waals surface area contributed by atoms with E-state index in [0.717, 1.165) is 12.8 Å². The number of carbonyl (C=O) groups is 1. The maximum atomic E-state index is 12.9. The van der Waals surface area contributed by atoms with Gasteiger partial charge in [-0.15, -0.1) is 4.80 Å². The molecule has 0 bridgehead atoms. The number of carbonyl (C=O) groups excluding carboxylic acids is 1. The maximum absolute atomic E-state index is 12.9. The van der Waals surface area contributed by atoms with Crippen LogP contribution in [0.1, 0.15) is 30.1 Å². The number of piperidine rings is 1. The summed E-state index contributed by atoms with van der Waals surface area (Å²) in [6, 6.07) is 3.60. The van der Waals surface area contributed by atoms with E-state index in [1.165, 1.54) is 11.9 Å². The Morgan fingerprint density at radius 2 is 2.09 bits per heavy atom. The number of nitrogens with zero attached hydrogens (tertiary/aromatic N) is 5. The van der Waals surface area contributed by atoms with Crippen molar-refractivity contribution in [2.75, 3.05) is 13.7 Å². The van der Waals surface area contributed by atoms with Gasteiger partial charge in [-0.05, 0) is 32.3 Å². The van der Waals surface area contributed by atoms with Crippen molar-refractivity contribution >= 4 is 5.91 Å². The smallest absolute Gasteiger partial charge is 0.258 e. The number of hydrogen-bond acceptors (Lipinski definition) is 5. The summed E-state index contributed by atoms with van der Waals surface area (Å²) in [6.45, 7) is 2.71. The molecule has 0 aromatic carbocycles. The highest BCUT2D eigenvalue weighted by Gasteiger charge is 2.27. The van der Waals surface area contributed by atoms with Crippen LogP contribution in [-0.2, 0) is 0 Å². The zero-order chi connectivity index (χ0) is 15.5. The number of hydrogen-bond donors (Lipinski definition) is 0. The monoisotopic (exact) mass is 300 g/mol. The lowest BCUT2D eigenvalue weighted by molar-refractivity contribution is 0.0673. The fourth-order valence-corrected chi connectivity index (χ4v) is 2.55. The van der Waals surface area contributed by atoms with Gasteiger partial charge in [0.05, 0.1) is 25.1 Å². The van der Waals surface area contributed by atoms with E-state index in [9.17, 15) is 4.79 Å². The average molecular weight is 300 g/mol. The van der Waals surface area contributed by atoms with Gasteiger partial charge in [-0.2, -0.15) is 15.2 Å². The van der Waals surface area contributed by atoms with Crippen LogP contribution in [-0.4, -0.2) is 50.5 Å². The average Bonchev–Trinajstić information content (AvgIpc) is 3.08. The Bertz CT molecular complexity index is 656. The number of methoxy groups -OCH3 is 1. The van der Waals surface area contributed by atoms with E-state index in [4.69, 9.17) is 4.74 Å². The summed E-state index contributed by atoms with van der Waals surface area (Å²) >= 11 is 0. The third-order valence-electron chi connectivity index (χ3n) is 3.80. The van der Waals surface area contributed by atoms with Crippen molar-refractivity contribution in [1.82, 2.24) is 24.9 Å². The lowest BCUT2D eigenvalue weighted by Crippen LogP contribution is -2.42. The molecule has 1 aliphatic heterocycles. The summed E-state index contributed by atoms with van der Waals surface area (Å²) in [5, 5.41) is 8.16. The zero-order valence-corrected chi connectivity index (χ0v) is 12.6. The molecule has 3 heterocycles. The van der Waals surface area contributed by atoms with Gasteiger partial charge in [0.1, 0.15) is 0 Å². The Labute approximate surface area is 128 Å². The SMILES string of the molecule is COc1ccc(C(=O)N2C[CH]CCC2C)c(-n2nccn2)n1. The minimum absolute atomic E-state index is 0.0640. The second-order valence-electron chi connectivity index (χ2n) is 5.22. The fraction of sp³-hybridized carbons (Fsp3) is 0.400. The molecule has 3 rings (SSSR count). The maximum Gasteiger partial charge on any atom is 0.258 e. The summed E-state index contributed by atoms with van der Waals surface area (Å²) in [7, 11) is 1.53. The van der Waals surface area contributed by atoms with Crippen LogP contribution in [0.4, 0.5) is 0 Å². The zero-order valence-electron chi connectivity index (χ0n) is 12.6. The molecule has 1 amide bonds. The molecular formula is C15H18N5O2. The first-order valence-corrected chi connectivity index (χ1v) is 7.25. The van der Waals surface area contributed by atoms with Gasteiger partial charge in [0, 0.05) is 18.7 Å². The summed E-state index contributed by atoms with van der Waals surface area (Å²) in [5.74, 6) is 0.736. The molecule has 1 unspecified atom stereocenters. The molecule has 0 N–H and O–H groups in total. The van der Waals surface area contributed by atoms with Gasteiger partial charge in [-0.1, -0.05) is 0 Å². The molecular weight excluding hydrogens is 282 g/mol. The van der Waals surface area contributed by atoms with Gasteiger partial charge in [0.15, 0.2) is 5.82 Å². The number of amides is 1. The largest absolute Gasteiger partial charge is 0.481 e. The molecule has 1 atom stereocenters. The third kappa shape index (κ3) is 2.66. The van der Waals surface area contributed by atoms with Crippen LogP contribution in [0.2, 0.25) is 0 Å². The summed E-state index contributed by atoms with van der Waals surface area (Å²) in [5.41, 5.74) is 0.471. The molecule has 1 fully saturated rings. The molecule has 7 heteroatoms. The van der Waals surface area contributed by atoms with Gasteiger partial charge < -0.3 is 9.64 Å². The topological polar surface area (TPSA) is 73.1 Å². The van der Waals surface area contributed by atoms with Crippen molar-refractivity contribution in [3.05, 3.63) is 36.5 Å². The minimum Gasteiger partial charge on any atom is -0.481 e. The van der Waals surface area contributed by atoms with Crippen molar-refractivity contribution in [3.63, 3.8) is 0 Å². The number of rotatable bonds is 3. The summed E-state index contributed by atoms with van der Waals surface area (Å²) < 4.78 is 5.14. The second kappa shape index (κ2) is 6.13. The molecule has 0 spiro atoms. The van der Waals surface area contributed by atoms with Gasteiger partial charge >= 0.3 is 0 Å². The Kier molecular flexibility index (Phi) is 4.04. The standard InChI is InChI=1S/C15H18N5O2/c1-11-5-3-4-10-19(11)15(21)12-6-7-13(22-2)18-14(12)20-16-8-9-17-20/h4,6-9,11H,3,5,10H2,1-2H3. The highest BCUT2D eigenvalue weighted by molar-refractivity contribution is 5.97. The molecule has 1 saturated heterocycles. The highest BCUT2D eigenvalue weighted by atomic mass is 16.5. The second-order valence-corrected chi connectivity index (χ2v) is 5.22. The first kappa shape index (κ1) is 14.5. The predicted molar refractivity (Wildman–Crippen MR) is 79.7 cm³/mol. The number of aromatic nitrogens is 4. The molecule has 0 aliphatic carbocycles. The Balaban J connectivity index is 2.00. The van der Waals surface area contributed by atoms with Gasteiger partial charge in [-0.3, -0.25) is 4.79 Å². The summed E-state index contributed by atoms with van der Waals surface area (Å²) in [4.78, 5) is 20.4. The summed E-state index contributed by atoms with van der Waals surface area (Å²) in [6.07, 6.45) is 7.24. The van der Waals surface area contributed by atoms with Crippen molar-refractivity contribution in [2.24, 2.45) is 0 Å². The molecule has 115 valence electrons. The van der Waals surface area contributed by atoms with Crippen LogP contribution in [0.15, 0.2) is 24.5 Å². The van der Waals surface area contributed by atoms with E-state index in [0.29, 0.717) is 23.8 Å². The lowest BCUT2D eigenvalue weighted by atomic mass is 10.0. The van der Waals surface area contributed by atoms with Crippen LogP contribution >= 0.6 is 0 Å². The first-order chi connectivity index (χ1) is 10.7. The number of likely N-dealkylation sites (tertiary alicyclic amines) is 1. The third-order valence-corrected chi connectivity index (χ3v) is 3.80. The van der Waals surface area contributed by atoms with E-state index in [1.807, 2.05) is 4.90 Å². The quantitative estimate of drug-likeness (QED) is 0.859. The Hall–Kier alpha value is -2.44. The number of ether oxygens (including phenoxy) is 1. The van der Waals surface area contributed by atoms with E-state index in [-0.39, 0.29) is 11.9 Å². The minimum atomic E-state index is -0.0640. The predicted octanol–water partition coefficient (Wildman–Crippen LogP) is 1.50. The molecule has 0 saturated carbocycles. The van der Waals surface area contributed by atoms with Crippen LogP contribution in [0.25, 0.3) is 5.82 Å². The molecule has 1 radical (unpaired) electrons. The molecule has 7 nitrogen and oxygen atoms in total. The van der Waals surface area contributed by atoms with Crippen LogP contribution < -0.4 is 4.74 Å². The molecule has 1 aliphatic rings. The number of pyridine rings is 1. The van der Waals surface area contributed by atoms with Gasteiger partial charge in [0.2, 0.25) is 5.88 Å². The Morgan fingerprint density at radius 1 is 1.32 bits per heavy atom. The first-order valence-electron chi connectivity index (χ1n) is 7.25. The van der Waals surface area contributed by atoms with Crippen LogP contribution in [0.5, 0.6) is 5.88 Å². The van der Waals surface area contributed by atoms with Crippen LogP contribution in [0, 0.1) is 6.42 Å². The van der Waals surface area contributed by atoms with E-state index >= 15 is 0 Å². The molecule has 2 aromatic heterocycles. The van der Waals surface area contributed by atoms with Gasteiger partial charge in [-0.25, -0.2) is 0 Å². The van der Waals surface area contributed by atoms with Crippen molar-refractivity contribution in [3.8, 4) is 11.7 Å².